The van der Waals surface area contributed by atoms with Crippen LogP contribution >= 0.6 is 23.4 Å². The van der Waals surface area contributed by atoms with Crippen LogP contribution in [0.2, 0.25) is 5.28 Å². The van der Waals surface area contributed by atoms with Crippen molar-refractivity contribution in [2.75, 3.05) is 18.0 Å². The summed E-state index contributed by atoms with van der Waals surface area (Å²) >= 11 is 7.24. The maximum atomic E-state index is 5.94. The van der Waals surface area contributed by atoms with Crippen LogP contribution in [0.4, 0.5) is 5.95 Å². The van der Waals surface area contributed by atoms with E-state index in [2.05, 4.69) is 24.9 Å². The minimum atomic E-state index is 0.184. The van der Waals surface area contributed by atoms with Gasteiger partial charge in [0.2, 0.25) is 11.2 Å². The number of halogens is 1. The van der Waals surface area contributed by atoms with E-state index in [-0.39, 0.29) is 5.28 Å². The van der Waals surface area contributed by atoms with Crippen molar-refractivity contribution in [1.29, 1.82) is 0 Å². The molecule has 2 rings (SSSR count). The lowest BCUT2D eigenvalue weighted by molar-refractivity contribution is 0.781. The Labute approximate surface area is 120 Å². The minimum Gasteiger partial charge on any atom is -0.341 e. The van der Waals surface area contributed by atoms with E-state index in [0.29, 0.717) is 11.1 Å². The lowest BCUT2D eigenvalue weighted by Crippen LogP contribution is -2.24. The Kier molecular flexibility index (Phi) is 4.86. The van der Waals surface area contributed by atoms with Gasteiger partial charge in [-0.15, -0.1) is 0 Å². The molecule has 100 valence electrons. The van der Waals surface area contributed by atoms with E-state index < -0.39 is 0 Å². The molecular formula is C11H13ClN6S. The molecule has 0 fully saturated rings. The van der Waals surface area contributed by atoms with Gasteiger partial charge >= 0.3 is 0 Å². The molecule has 0 unspecified atom stereocenters. The standard InChI is InChI=1S/C11H13ClN6S/c1-3-18(4-2)10-15-9(12)16-11(17-10)19-8-7-13-5-6-14-8/h5-7H,3-4H2,1-2H3. The van der Waals surface area contributed by atoms with E-state index in [1.807, 2.05) is 18.7 Å². The fourth-order valence-corrected chi connectivity index (χ4v) is 2.33. The number of aromatic nitrogens is 5. The third-order valence-corrected chi connectivity index (χ3v) is 3.31. The van der Waals surface area contributed by atoms with Crippen LogP contribution in [0.5, 0.6) is 0 Å². The fourth-order valence-electron chi connectivity index (χ4n) is 1.45. The highest BCUT2D eigenvalue weighted by molar-refractivity contribution is 7.99. The van der Waals surface area contributed by atoms with Crippen LogP contribution in [-0.4, -0.2) is 38.0 Å². The molecule has 0 atom stereocenters. The molecular weight excluding hydrogens is 284 g/mol. The molecule has 0 aromatic carbocycles. The second-order valence-electron chi connectivity index (χ2n) is 3.51. The van der Waals surface area contributed by atoms with Crippen LogP contribution in [0.15, 0.2) is 28.8 Å². The summed E-state index contributed by atoms with van der Waals surface area (Å²) in [5.41, 5.74) is 0. The predicted octanol–water partition coefficient (Wildman–Crippen LogP) is 2.31. The summed E-state index contributed by atoms with van der Waals surface area (Å²) < 4.78 is 0. The van der Waals surface area contributed by atoms with E-state index in [9.17, 15) is 0 Å². The molecule has 2 heterocycles. The maximum absolute atomic E-state index is 5.94. The molecule has 0 bridgehead atoms. The van der Waals surface area contributed by atoms with Crippen LogP contribution < -0.4 is 4.90 Å². The Morgan fingerprint density at radius 2 is 1.95 bits per heavy atom. The summed E-state index contributed by atoms with van der Waals surface area (Å²) in [5, 5.41) is 1.42. The van der Waals surface area contributed by atoms with E-state index in [1.165, 1.54) is 11.8 Å². The van der Waals surface area contributed by atoms with E-state index in [1.54, 1.807) is 18.6 Å². The molecule has 2 aromatic rings. The Bertz CT molecular complexity index is 534. The summed E-state index contributed by atoms with van der Waals surface area (Å²) in [5.74, 6) is 0.580. The van der Waals surface area contributed by atoms with Crippen molar-refractivity contribution < 1.29 is 0 Å². The van der Waals surface area contributed by atoms with Gasteiger partial charge in [-0.25, -0.2) is 4.98 Å². The zero-order valence-electron chi connectivity index (χ0n) is 10.6. The highest BCUT2D eigenvalue weighted by Gasteiger charge is 2.11. The van der Waals surface area contributed by atoms with Crippen LogP contribution in [0.1, 0.15) is 13.8 Å². The van der Waals surface area contributed by atoms with Gasteiger partial charge in [0, 0.05) is 25.5 Å². The summed E-state index contributed by atoms with van der Waals surface area (Å²) in [7, 11) is 0. The van der Waals surface area contributed by atoms with Crippen LogP contribution in [0, 0.1) is 0 Å². The van der Waals surface area contributed by atoms with Crippen molar-refractivity contribution in [3.05, 3.63) is 23.9 Å². The Morgan fingerprint density at radius 1 is 1.16 bits per heavy atom. The number of hydrogen-bond donors (Lipinski definition) is 0. The first-order valence-corrected chi connectivity index (χ1v) is 7.02. The van der Waals surface area contributed by atoms with E-state index in [0.717, 1.165) is 18.1 Å². The quantitative estimate of drug-likeness (QED) is 0.838. The number of nitrogens with zero attached hydrogens (tertiary/aromatic N) is 6. The summed E-state index contributed by atoms with van der Waals surface area (Å²) in [6, 6.07) is 0. The average Bonchev–Trinajstić information content (AvgIpc) is 2.40. The normalized spacial score (nSPS) is 10.5. The molecule has 0 N–H and O–H groups in total. The van der Waals surface area contributed by atoms with Crippen molar-refractivity contribution in [1.82, 2.24) is 24.9 Å². The van der Waals surface area contributed by atoms with Gasteiger partial charge in [-0.05, 0) is 37.2 Å². The maximum Gasteiger partial charge on any atom is 0.230 e. The first kappa shape index (κ1) is 14.0. The van der Waals surface area contributed by atoms with Gasteiger partial charge in [0.1, 0.15) is 5.03 Å². The van der Waals surface area contributed by atoms with E-state index >= 15 is 0 Å². The van der Waals surface area contributed by atoms with Gasteiger partial charge < -0.3 is 4.90 Å². The lowest BCUT2D eigenvalue weighted by atomic mass is 10.5. The first-order valence-electron chi connectivity index (χ1n) is 5.83. The van der Waals surface area contributed by atoms with Crippen LogP contribution in [-0.2, 0) is 0 Å². The van der Waals surface area contributed by atoms with E-state index in [4.69, 9.17) is 11.6 Å². The molecule has 0 saturated carbocycles. The summed E-state index contributed by atoms with van der Waals surface area (Å²) in [6.45, 7) is 5.70. The fraction of sp³-hybridized carbons (Fsp3) is 0.364. The zero-order chi connectivity index (χ0) is 13.7. The number of rotatable bonds is 5. The zero-order valence-corrected chi connectivity index (χ0v) is 12.2. The monoisotopic (exact) mass is 296 g/mol. The van der Waals surface area contributed by atoms with Crippen LogP contribution in [0.3, 0.4) is 0 Å². The lowest BCUT2D eigenvalue weighted by Gasteiger charge is -2.18. The van der Waals surface area contributed by atoms with Crippen molar-refractivity contribution in [3.8, 4) is 0 Å². The minimum absolute atomic E-state index is 0.184. The second-order valence-corrected chi connectivity index (χ2v) is 4.83. The van der Waals surface area contributed by atoms with Crippen molar-refractivity contribution in [2.45, 2.75) is 24.0 Å². The molecule has 0 radical (unpaired) electrons. The topological polar surface area (TPSA) is 67.7 Å². The molecule has 19 heavy (non-hydrogen) atoms. The number of hydrogen-bond acceptors (Lipinski definition) is 7. The van der Waals surface area contributed by atoms with Gasteiger partial charge in [0.25, 0.3) is 0 Å². The van der Waals surface area contributed by atoms with Gasteiger partial charge in [-0.1, -0.05) is 0 Å². The average molecular weight is 297 g/mol. The van der Waals surface area contributed by atoms with Crippen LogP contribution in [0.25, 0.3) is 0 Å². The largest absolute Gasteiger partial charge is 0.341 e. The summed E-state index contributed by atoms with van der Waals surface area (Å²) in [4.78, 5) is 22.8. The van der Waals surface area contributed by atoms with Gasteiger partial charge in [-0.2, -0.15) is 15.0 Å². The Balaban J connectivity index is 2.26. The SMILES string of the molecule is CCN(CC)c1nc(Cl)nc(Sc2cnccn2)n1. The highest BCUT2D eigenvalue weighted by atomic mass is 35.5. The molecule has 6 nitrogen and oxygen atoms in total. The van der Waals surface area contributed by atoms with Gasteiger partial charge in [0.15, 0.2) is 5.16 Å². The molecule has 0 spiro atoms. The predicted molar refractivity (Wildman–Crippen MR) is 74.6 cm³/mol. The Hall–Kier alpha value is -1.47. The van der Waals surface area contributed by atoms with Crippen molar-refractivity contribution in [2.24, 2.45) is 0 Å². The molecule has 0 saturated heterocycles. The molecule has 0 amide bonds. The number of anilines is 1. The second kappa shape index (κ2) is 6.63. The first-order chi connectivity index (χ1) is 9.22. The Morgan fingerprint density at radius 3 is 2.58 bits per heavy atom. The molecule has 0 aliphatic carbocycles. The smallest absolute Gasteiger partial charge is 0.230 e. The van der Waals surface area contributed by atoms with Crippen molar-refractivity contribution >= 4 is 29.3 Å². The van der Waals surface area contributed by atoms with Gasteiger partial charge in [0.05, 0.1) is 6.20 Å². The third-order valence-electron chi connectivity index (χ3n) is 2.36. The molecule has 0 aliphatic rings. The highest BCUT2D eigenvalue weighted by Crippen LogP contribution is 2.24. The van der Waals surface area contributed by atoms with Gasteiger partial charge in [-0.3, -0.25) is 4.98 Å². The summed E-state index contributed by atoms with van der Waals surface area (Å²) in [6.07, 6.45) is 4.89. The molecule has 8 heteroatoms. The molecule has 2 aromatic heterocycles. The molecule has 0 aliphatic heterocycles. The third kappa shape index (κ3) is 3.74. The van der Waals surface area contributed by atoms with Crippen molar-refractivity contribution in [3.63, 3.8) is 0 Å².